The molecule has 2 fully saturated rings. The minimum absolute atomic E-state index is 0.0589. The lowest BCUT2D eigenvalue weighted by Crippen LogP contribution is -2.48. The highest BCUT2D eigenvalue weighted by Gasteiger charge is 2.35. The lowest BCUT2D eigenvalue weighted by atomic mass is 9.84. The normalized spacial score (nSPS) is 25.8. The standard InChI is InChI=1S/C20H30N2O3S/c1-16-8-6-7-11-19(16)21(2)20(23)17-12-14-22(15-13-17)26(24,25)18-9-4-3-5-10-18/h3-5,9-10,16-17,19H,6-8,11-15H2,1-2H3. The maximum atomic E-state index is 12.9. The number of carbonyl (C=O) groups is 1. The van der Waals surface area contributed by atoms with Gasteiger partial charge >= 0.3 is 0 Å². The van der Waals surface area contributed by atoms with Crippen LogP contribution >= 0.6 is 0 Å². The van der Waals surface area contributed by atoms with Gasteiger partial charge in [0.15, 0.2) is 0 Å². The molecule has 2 unspecified atom stereocenters. The summed E-state index contributed by atoms with van der Waals surface area (Å²) < 4.78 is 27.0. The molecule has 0 aromatic heterocycles. The molecule has 1 aromatic rings. The fourth-order valence-electron chi connectivity index (χ4n) is 4.41. The fraction of sp³-hybridized carbons (Fsp3) is 0.650. The zero-order valence-corrected chi connectivity index (χ0v) is 16.6. The minimum atomic E-state index is -3.45. The number of sulfonamides is 1. The molecule has 1 aliphatic heterocycles. The van der Waals surface area contributed by atoms with E-state index in [1.54, 1.807) is 24.3 Å². The van der Waals surface area contributed by atoms with Crippen molar-refractivity contribution in [3.05, 3.63) is 30.3 Å². The van der Waals surface area contributed by atoms with Crippen LogP contribution in [0.4, 0.5) is 0 Å². The van der Waals surface area contributed by atoms with E-state index in [0.717, 1.165) is 6.42 Å². The molecule has 1 aromatic carbocycles. The highest BCUT2D eigenvalue weighted by atomic mass is 32.2. The van der Waals surface area contributed by atoms with E-state index in [4.69, 9.17) is 0 Å². The number of amides is 1. The SMILES string of the molecule is CC1CCCCC1N(C)C(=O)C1CCN(S(=O)(=O)c2ccccc2)CC1. The van der Waals surface area contributed by atoms with Gasteiger partial charge in [0.25, 0.3) is 0 Å². The lowest BCUT2D eigenvalue weighted by molar-refractivity contribution is -0.139. The Balaban J connectivity index is 1.60. The number of hydrogen-bond donors (Lipinski definition) is 0. The van der Waals surface area contributed by atoms with Crippen molar-refractivity contribution in [3.8, 4) is 0 Å². The number of benzene rings is 1. The van der Waals surface area contributed by atoms with E-state index in [0.29, 0.717) is 42.8 Å². The van der Waals surface area contributed by atoms with Crippen molar-refractivity contribution in [1.29, 1.82) is 0 Å². The summed E-state index contributed by atoms with van der Waals surface area (Å²) in [7, 11) is -1.52. The van der Waals surface area contributed by atoms with Gasteiger partial charge in [0.05, 0.1) is 4.90 Å². The first kappa shape index (κ1) is 19.4. The third-order valence-electron chi connectivity index (χ3n) is 6.10. The topological polar surface area (TPSA) is 57.7 Å². The second-order valence-corrected chi connectivity index (χ2v) is 9.71. The molecule has 26 heavy (non-hydrogen) atoms. The van der Waals surface area contributed by atoms with Gasteiger partial charge < -0.3 is 4.90 Å². The Kier molecular flexibility index (Phi) is 6.03. The first-order chi connectivity index (χ1) is 12.4. The molecule has 2 atom stereocenters. The smallest absolute Gasteiger partial charge is 0.243 e. The van der Waals surface area contributed by atoms with Gasteiger partial charge in [0.1, 0.15) is 0 Å². The van der Waals surface area contributed by atoms with Crippen LogP contribution in [0.25, 0.3) is 0 Å². The zero-order chi connectivity index (χ0) is 18.7. The van der Waals surface area contributed by atoms with Gasteiger partial charge in [-0.3, -0.25) is 4.79 Å². The number of rotatable bonds is 4. The Bertz CT molecular complexity index is 712. The van der Waals surface area contributed by atoms with Crippen LogP contribution in [0.3, 0.4) is 0 Å². The Morgan fingerprint density at radius 1 is 1.04 bits per heavy atom. The second kappa shape index (κ2) is 8.09. The van der Waals surface area contributed by atoms with Gasteiger partial charge in [0, 0.05) is 32.1 Å². The summed E-state index contributed by atoms with van der Waals surface area (Å²) in [4.78, 5) is 15.2. The summed E-state index contributed by atoms with van der Waals surface area (Å²) in [6.07, 6.45) is 5.95. The number of piperidine rings is 1. The van der Waals surface area contributed by atoms with E-state index in [1.807, 2.05) is 18.0 Å². The van der Waals surface area contributed by atoms with Gasteiger partial charge in [-0.15, -0.1) is 0 Å². The Morgan fingerprint density at radius 2 is 1.65 bits per heavy atom. The van der Waals surface area contributed by atoms with Crippen LogP contribution in [0.15, 0.2) is 35.2 Å². The molecule has 0 bridgehead atoms. The predicted octanol–water partition coefficient (Wildman–Crippen LogP) is 3.12. The van der Waals surface area contributed by atoms with Crippen LogP contribution < -0.4 is 0 Å². The van der Waals surface area contributed by atoms with E-state index in [9.17, 15) is 13.2 Å². The average Bonchev–Trinajstić information content (AvgIpc) is 2.68. The van der Waals surface area contributed by atoms with Crippen molar-refractivity contribution >= 4 is 15.9 Å². The van der Waals surface area contributed by atoms with E-state index in [1.165, 1.54) is 23.6 Å². The molecule has 1 saturated heterocycles. The molecule has 1 saturated carbocycles. The maximum Gasteiger partial charge on any atom is 0.243 e. The Hall–Kier alpha value is -1.40. The van der Waals surface area contributed by atoms with Crippen LogP contribution in [0.1, 0.15) is 45.4 Å². The van der Waals surface area contributed by atoms with E-state index >= 15 is 0 Å². The summed E-state index contributed by atoms with van der Waals surface area (Å²) in [6.45, 7) is 3.08. The van der Waals surface area contributed by atoms with Crippen molar-refractivity contribution < 1.29 is 13.2 Å². The van der Waals surface area contributed by atoms with Crippen LogP contribution in [0.2, 0.25) is 0 Å². The molecule has 0 N–H and O–H groups in total. The third-order valence-corrected chi connectivity index (χ3v) is 8.01. The van der Waals surface area contributed by atoms with Gasteiger partial charge in [0.2, 0.25) is 15.9 Å². The highest BCUT2D eigenvalue weighted by Crippen LogP contribution is 2.30. The number of nitrogens with zero attached hydrogens (tertiary/aromatic N) is 2. The van der Waals surface area contributed by atoms with Crippen molar-refractivity contribution in [3.63, 3.8) is 0 Å². The maximum absolute atomic E-state index is 12.9. The van der Waals surface area contributed by atoms with Crippen molar-refractivity contribution in [2.24, 2.45) is 11.8 Å². The molecule has 2 aliphatic rings. The molecule has 1 heterocycles. The molecule has 144 valence electrons. The Morgan fingerprint density at radius 3 is 2.27 bits per heavy atom. The first-order valence-corrected chi connectivity index (χ1v) is 11.2. The van der Waals surface area contributed by atoms with Gasteiger partial charge in [-0.05, 0) is 43.7 Å². The second-order valence-electron chi connectivity index (χ2n) is 7.77. The van der Waals surface area contributed by atoms with Crippen molar-refractivity contribution in [2.45, 2.75) is 56.4 Å². The molecular weight excluding hydrogens is 348 g/mol. The zero-order valence-electron chi connectivity index (χ0n) is 15.8. The number of hydrogen-bond acceptors (Lipinski definition) is 3. The third kappa shape index (κ3) is 3.96. The molecule has 6 heteroatoms. The van der Waals surface area contributed by atoms with Gasteiger partial charge in [-0.25, -0.2) is 8.42 Å². The highest BCUT2D eigenvalue weighted by molar-refractivity contribution is 7.89. The van der Waals surface area contributed by atoms with Crippen LogP contribution in [0, 0.1) is 11.8 Å². The fourth-order valence-corrected chi connectivity index (χ4v) is 5.90. The molecule has 1 amide bonds. The summed E-state index contributed by atoms with van der Waals surface area (Å²) in [5, 5.41) is 0. The number of carbonyl (C=O) groups excluding carboxylic acids is 1. The van der Waals surface area contributed by atoms with E-state index in [-0.39, 0.29) is 11.8 Å². The van der Waals surface area contributed by atoms with Crippen molar-refractivity contribution in [1.82, 2.24) is 9.21 Å². The summed E-state index contributed by atoms with van der Waals surface area (Å²) >= 11 is 0. The summed E-state index contributed by atoms with van der Waals surface area (Å²) in [6, 6.07) is 8.89. The Labute approximate surface area is 157 Å². The molecular formula is C20H30N2O3S. The minimum Gasteiger partial charge on any atom is -0.342 e. The van der Waals surface area contributed by atoms with Gasteiger partial charge in [-0.2, -0.15) is 4.31 Å². The molecule has 5 nitrogen and oxygen atoms in total. The van der Waals surface area contributed by atoms with E-state index in [2.05, 4.69) is 6.92 Å². The molecule has 1 aliphatic carbocycles. The first-order valence-electron chi connectivity index (χ1n) is 9.73. The lowest BCUT2D eigenvalue weighted by Gasteiger charge is -2.39. The van der Waals surface area contributed by atoms with Crippen LogP contribution in [0.5, 0.6) is 0 Å². The average molecular weight is 379 g/mol. The molecule has 0 radical (unpaired) electrons. The van der Waals surface area contributed by atoms with Crippen molar-refractivity contribution in [2.75, 3.05) is 20.1 Å². The van der Waals surface area contributed by atoms with Crippen LogP contribution in [-0.4, -0.2) is 49.7 Å². The summed E-state index contributed by atoms with van der Waals surface area (Å²) in [5.41, 5.74) is 0. The summed E-state index contributed by atoms with van der Waals surface area (Å²) in [5.74, 6) is 0.688. The van der Waals surface area contributed by atoms with Crippen LogP contribution in [-0.2, 0) is 14.8 Å². The quantitative estimate of drug-likeness (QED) is 0.809. The molecule has 0 spiro atoms. The van der Waals surface area contributed by atoms with E-state index < -0.39 is 10.0 Å². The largest absolute Gasteiger partial charge is 0.342 e. The monoisotopic (exact) mass is 378 g/mol. The molecule has 3 rings (SSSR count). The van der Waals surface area contributed by atoms with Gasteiger partial charge in [-0.1, -0.05) is 38.0 Å². The predicted molar refractivity (Wildman–Crippen MR) is 102 cm³/mol.